The Morgan fingerprint density at radius 2 is 2.00 bits per heavy atom. The lowest BCUT2D eigenvalue weighted by Crippen LogP contribution is -2.23. The molecule has 7 nitrogen and oxygen atoms in total. The highest BCUT2D eigenvalue weighted by Gasteiger charge is 2.17. The van der Waals surface area contributed by atoms with E-state index in [1.54, 1.807) is 25.3 Å². The minimum atomic E-state index is -0.0903. The summed E-state index contributed by atoms with van der Waals surface area (Å²) in [6, 6.07) is 13.3. The Morgan fingerprint density at radius 3 is 2.68 bits per heavy atom. The van der Waals surface area contributed by atoms with Crippen LogP contribution in [0.15, 0.2) is 52.1 Å². The number of methoxy groups -OCH3 is 1. The van der Waals surface area contributed by atoms with Crippen LogP contribution < -0.4 is 10.1 Å². The smallest absolute Gasteiger partial charge is 0.216 e. The molecular formula is C22H23BrN4O3S. The van der Waals surface area contributed by atoms with Crippen LogP contribution in [0.25, 0.3) is 5.69 Å². The maximum atomic E-state index is 12.7. The van der Waals surface area contributed by atoms with Gasteiger partial charge in [0.25, 0.3) is 0 Å². The number of nitrogens with one attached hydrogen (secondary N) is 1. The number of Topliss-reactive ketones (excluding diaryl/α,β-unsaturated/α-hetero) is 1. The van der Waals surface area contributed by atoms with Gasteiger partial charge >= 0.3 is 0 Å². The number of ether oxygens (including phenoxy) is 1. The molecule has 0 spiro atoms. The van der Waals surface area contributed by atoms with Gasteiger partial charge in [0.15, 0.2) is 10.9 Å². The van der Waals surface area contributed by atoms with E-state index in [4.69, 9.17) is 4.74 Å². The highest BCUT2D eigenvalue weighted by Crippen LogP contribution is 2.28. The summed E-state index contributed by atoms with van der Waals surface area (Å²) in [6.07, 6.45) is 0.528. The first kappa shape index (κ1) is 23.0. The summed E-state index contributed by atoms with van der Waals surface area (Å²) in [5.41, 5.74) is 2.62. The van der Waals surface area contributed by atoms with Crippen LogP contribution >= 0.6 is 27.7 Å². The van der Waals surface area contributed by atoms with Crippen LogP contribution in [0.3, 0.4) is 0 Å². The molecule has 0 radical (unpaired) electrons. The normalized spacial score (nSPS) is 10.7. The Labute approximate surface area is 193 Å². The number of ketones is 1. The van der Waals surface area contributed by atoms with Gasteiger partial charge in [-0.15, -0.1) is 10.2 Å². The number of benzene rings is 2. The van der Waals surface area contributed by atoms with Gasteiger partial charge in [0.05, 0.1) is 17.3 Å². The maximum Gasteiger partial charge on any atom is 0.216 e. The van der Waals surface area contributed by atoms with Gasteiger partial charge in [-0.25, -0.2) is 0 Å². The number of aromatic nitrogens is 3. The lowest BCUT2D eigenvalue weighted by atomic mass is 10.1. The molecule has 0 fully saturated rings. The number of carbonyl (C=O) groups excluding carboxylic acids is 2. The number of hydrogen-bond donors (Lipinski definition) is 1. The van der Waals surface area contributed by atoms with Gasteiger partial charge in [0.1, 0.15) is 11.6 Å². The summed E-state index contributed by atoms with van der Waals surface area (Å²) in [7, 11) is 1.58. The molecule has 31 heavy (non-hydrogen) atoms. The molecule has 0 saturated carbocycles. The Bertz CT molecular complexity index is 1100. The summed E-state index contributed by atoms with van der Waals surface area (Å²) >= 11 is 4.75. The van der Waals surface area contributed by atoms with Crippen LogP contribution in [0.5, 0.6) is 5.75 Å². The lowest BCUT2D eigenvalue weighted by molar-refractivity contribution is -0.118. The van der Waals surface area contributed by atoms with E-state index in [2.05, 4.69) is 31.4 Å². The minimum Gasteiger partial charge on any atom is -0.496 e. The Kier molecular flexibility index (Phi) is 7.86. The fourth-order valence-corrected chi connectivity index (χ4v) is 4.39. The first-order valence-electron chi connectivity index (χ1n) is 9.64. The zero-order valence-corrected chi connectivity index (χ0v) is 19.9. The molecule has 9 heteroatoms. The Hall–Kier alpha value is -2.65. The molecule has 3 aromatic rings. The third-order valence-electron chi connectivity index (χ3n) is 4.49. The van der Waals surface area contributed by atoms with E-state index in [1.807, 2.05) is 35.8 Å². The van der Waals surface area contributed by atoms with Gasteiger partial charge in [-0.3, -0.25) is 14.2 Å². The molecule has 0 unspecified atom stereocenters. The molecule has 3 rings (SSSR count). The van der Waals surface area contributed by atoms with Crippen LogP contribution in [0, 0.1) is 6.92 Å². The van der Waals surface area contributed by atoms with Crippen molar-refractivity contribution in [1.29, 1.82) is 0 Å². The predicted molar refractivity (Wildman–Crippen MR) is 124 cm³/mol. The number of nitrogens with zero attached hydrogens (tertiary/aromatic N) is 3. The lowest BCUT2D eigenvalue weighted by Gasteiger charge is -2.11. The molecule has 0 saturated heterocycles. The van der Waals surface area contributed by atoms with Crippen LogP contribution in [-0.2, 0) is 11.2 Å². The number of halogens is 1. The molecule has 1 heterocycles. The quantitative estimate of drug-likeness (QED) is 0.351. The Balaban J connectivity index is 1.81. The number of amides is 1. The second-order valence-corrected chi connectivity index (χ2v) is 8.66. The zero-order valence-electron chi connectivity index (χ0n) is 17.5. The fraction of sp³-hybridized carbons (Fsp3) is 0.273. The van der Waals surface area contributed by atoms with Crippen molar-refractivity contribution in [1.82, 2.24) is 20.1 Å². The summed E-state index contributed by atoms with van der Waals surface area (Å²) in [6.45, 7) is 3.96. The van der Waals surface area contributed by atoms with Crippen molar-refractivity contribution in [2.24, 2.45) is 0 Å². The largest absolute Gasteiger partial charge is 0.496 e. The highest BCUT2D eigenvalue weighted by molar-refractivity contribution is 9.10. The second-order valence-electron chi connectivity index (χ2n) is 6.87. The third-order valence-corrected chi connectivity index (χ3v) is 6.04. The highest BCUT2D eigenvalue weighted by atomic mass is 79.9. The van der Waals surface area contributed by atoms with E-state index in [9.17, 15) is 9.59 Å². The average molecular weight is 503 g/mol. The predicted octanol–water partition coefficient (Wildman–Crippen LogP) is 4.00. The van der Waals surface area contributed by atoms with E-state index in [1.165, 1.54) is 18.7 Å². The number of aryl methyl sites for hydroxylation is 1. The number of thioether (sulfide) groups is 1. The second kappa shape index (κ2) is 10.6. The van der Waals surface area contributed by atoms with E-state index < -0.39 is 0 Å². The van der Waals surface area contributed by atoms with Crippen LogP contribution in [0.1, 0.15) is 28.7 Å². The van der Waals surface area contributed by atoms with E-state index >= 15 is 0 Å². The molecule has 0 bridgehead atoms. The first-order chi connectivity index (χ1) is 14.9. The summed E-state index contributed by atoms with van der Waals surface area (Å²) in [5, 5.41) is 12.0. The molecule has 1 amide bonds. The van der Waals surface area contributed by atoms with Gasteiger partial charge in [-0.1, -0.05) is 23.9 Å². The molecule has 0 atom stereocenters. The van der Waals surface area contributed by atoms with Crippen molar-refractivity contribution >= 4 is 39.4 Å². The average Bonchev–Trinajstić information content (AvgIpc) is 3.14. The van der Waals surface area contributed by atoms with Gasteiger partial charge in [0.2, 0.25) is 5.91 Å². The van der Waals surface area contributed by atoms with Crippen LogP contribution in [0.2, 0.25) is 0 Å². The topological polar surface area (TPSA) is 86.1 Å². The van der Waals surface area contributed by atoms with E-state index in [0.29, 0.717) is 29.4 Å². The molecule has 1 aromatic heterocycles. The molecule has 0 aliphatic heterocycles. The summed E-state index contributed by atoms with van der Waals surface area (Å²) in [4.78, 5) is 23.9. The van der Waals surface area contributed by atoms with Gasteiger partial charge in [-0.05, 0) is 58.7 Å². The monoisotopic (exact) mass is 502 g/mol. The molecular weight excluding hydrogens is 480 g/mol. The van der Waals surface area contributed by atoms with Crippen molar-refractivity contribution in [2.45, 2.75) is 25.4 Å². The van der Waals surface area contributed by atoms with E-state index in [0.717, 1.165) is 21.5 Å². The van der Waals surface area contributed by atoms with Crippen molar-refractivity contribution in [3.05, 3.63) is 63.9 Å². The van der Waals surface area contributed by atoms with Gasteiger partial charge < -0.3 is 10.1 Å². The number of hydrogen-bond acceptors (Lipinski definition) is 6. The zero-order chi connectivity index (χ0) is 22.4. The fourth-order valence-electron chi connectivity index (χ4n) is 2.99. The minimum absolute atomic E-state index is 0.0214. The van der Waals surface area contributed by atoms with Crippen molar-refractivity contribution in [3.63, 3.8) is 0 Å². The first-order valence-corrected chi connectivity index (χ1v) is 11.4. The third kappa shape index (κ3) is 5.95. The number of carbonyl (C=O) groups is 2. The Morgan fingerprint density at radius 1 is 1.19 bits per heavy atom. The van der Waals surface area contributed by atoms with Crippen molar-refractivity contribution in [2.75, 3.05) is 19.4 Å². The van der Waals surface area contributed by atoms with Gasteiger partial charge in [-0.2, -0.15) is 0 Å². The molecule has 1 N–H and O–H groups in total. The summed E-state index contributed by atoms with van der Waals surface area (Å²) < 4.78 is 7.89. The maximum absolute atomic E-state index is 12.7. The number of rotatable bonds is 9. The standard InChI is InChI=1S/C22H23BrN4O3S/c1-14-5-4-6-17(11-14)27-21(9-10-24-15(2)28)25-26-22(27)31-13-19(29)16-7-8-20(30-3)18(23)12-16/h4-8,11-12H,9-10,13H2,1-3H3,(H,24,28). The SMILES string of the molecule is COc1ccc(C(=O)CSc2nnc(CCNC(C)=O)n2-c2cccc(C)c2)cc1Br. The van der Waals surface area contributed by atoms with E-state index in [-0.39, 0.29) is 17.4 Å². The van der Waals surface area contributed by atoms with Crippen LogP contribution in [0.4, 0.5) is 0 Å². The van der Waals surface area contributed by atoms with Crippen molar-refractivity contribution in [3.8, 4) is 11.4 Å². The molecule has 0 aliphatic rings. The summed E-state index contributed by atoms with van der Waals surface area (Å²) in [5.74, 6) is 1.50. The van der Waals surface area contributed by atoms with Crippen LogP contribution in [-0.4, -0.2) is 45.9 Å². The van der Waals surface area contributed by atoms with Gasteiger partial charge in [0, 0.05) is 31.1 Å². The van der Waals surface area contributed by atoms with Crippen molar-refractivity contribution < 1.29 is 14.3 Å². The molecule has 2 aromatic carbocycles. The molecule has 0 aliphatic carbocycles. The molecule has 162 valence electrons.